The first-order valence-corrected chi connectivity index (χ1v) is 6.73. The summed E-state index contributed by atoms with van der Waals surface area (Å²) < 4.78 is 1.08. The van der Waals surface area contributed by atoms with E-state index in [1.165, 1.54) is 5.57 Å². The van der Waals surface area contributed by atoms with E-state index in [0.29, 0.717) is 6.42 Å². The molecule has 0 aliphatic carbocycles. The van der Waals surface area contributed by atoms with Gasteiger partial charge in [-0.1, -0.05) is 19.4 Å². The van der Waals surface area contributed by atoms with E-state index in [1.807, 2.05) is 12.1 Å². The van der Waals surface area contributed by atoms with Crippen LogP contribution in [0.5, 0.6) is 0 Å². The highest BCUT2D eigenvalue weighted by Crippen LogP contribution is 2.22. The molecule has 0 saturated carbocycles. The van der Waals surface area contributed by atoms with Crippen LogP contribution in [0.4, 0.5) is 0 Å². The highest BCUT2D eigenvalue weighted by molar-refractivity contribution is 9.11. The first-order valence-electron chi connectivity index (χ1n) is 5.12. The second-order valence-electron chi connectivity index (χ2n) is 3.36. The Balaban J connectivity index is 2.60. The van der Waals surface area contributed by atoms with E-state index in [2.05, 4.69) is 29.8 Å². The van der Waals surface area contributed by atoms with E-state index in [1.54, 1.807) is 17.4 Å². The van der Waals surface area contributed by atoms with Gasteiger partial charge >= 0.3 is 0 Å². The molecular weight excluding hydrogens is 272 g/mol. The van der Waals surface area contributed by atoms with Gasteiger partial charge in [0.05, 0.1) is 3.79 Å². The highest BCUT2D eigenvalue weighted by Gasteiger charge is 2.04. The van der Waals surface area contributed by atoms with Gasteiger partial charge in [0.25, 0.3) is 0 Å². The van der Waals surface area contributed by atoms with Crippen molar-refractivity contribution < 1.29 is 4.79 Å². The van der Waals surface area contributed by atoms with Crippen molar-refractivity contribution in [3.8, 4) is 0 Å². The molecule has 0 saturated heterocycles. The Morgan fingerprint density at radius 2 is 2.07 bits per heavy atom. The van der Waals surface area contributed by atoms with Crippen molar-refractivity contribution in [1.82, 2.24) is 0 Å². The van der Waals surface area contributed by atoms with Gasteiger partial charge in [0.15, 0.2) is 5.78 Å². The maximum Gasteiger partial charge on any atom is 0.160 e. The van der Waals surface area contributed by atoms with Crippen LogP contribution in [0.1, 0.15) is 31.6 Å². The largest absolute Gasteiger partial charge is 0.294 e. The summed E-state index contributed by atoms with van der Waals surface area (Å²) in [6, 6.07) is 3.98. The molecule has 0 spiro atoms. The van der Waals surface area contributed by atoms with Crippen LogP contribution in [0, 0.1) is 0 Å². The third-order valence-corrected chi connectivity index (χ3v) is 3.87. The molecule has 0 aromatic carbocycles. The van der Waals surface area contributed by atoms with E-state index in [0.717, 1.165) is 21.5 Å². The van der Waals surface area contributed by atoms with E-state index in [4.69, 9.17) is 0 Å². The minimum atomic E-state index is 0.211. The van der Waals surface area contributed by atoms with Crippen LogP contribution in [0.25, 0.3) is 0 Å². The summed E-state index contributed by atoms with van der Waals surface area (Å²) in [6.07, 6.45) is 4.26. The number of ketones is 1. The zero-order valence-electron chi connectivity index (χ0n) is 9.05. The second-order valence-corrected chi connectivity index (χ2v) is 5.91. The predicted molar refractivity (Wildman–Crippen MR) is 69.4 cm³/mol. The van der Waals surface area contributed by atoms with E-state index in [-0.39, 0.29) is 5.78 Å². The number of carbonyl (C=O) groups excluding carboxylic acids is 1. The minimum absolute atomic E-state index is 0.211. The second kappa shape index (κ2) is 6.23. The van der Waals surface area contributed by atoms with Crippen LogP contribution < -0.4 is 0 Å². The van der Waals surface area contributed by atoms with Crippen molar-refractivity contribution >= 4 is 33.0 Å². The Morgan fingerprint density at radius 3 is 2.53 bits per heavy atom. The fourth-order valence-electron chi connectivity index (χ4n) is 1.35. The molecule has 0 aliphatic rings. The Bertz CT molecular complexity index is 359. The van der Waals surface area contributed by atoms with Crippen LogP contribution in [0.15, 0.2) is 27.6 Å². The Labute approximate surface area is 103 Å². The number of allylic oxidation sites excluding steroid dienone is 2. The fraction of sp³-hybridized carbons (Fsp3) is 0.417. The molecule has 0 unspecified atom stereocenters. The van der Waals surface area contributed by atoms with Crippen LogP contribution >= 0.6 is 27.3 Å². The lowest BCUT2D eigenvalue weighted by Crippen LogP contribution is -1.98. The molecule has 1 rings (SSSR count). The zero-order valence-corrected chi connectivity index (χ0v) is 11.5. The van der Waals surface area contributed by atoms with Crippen molar-refractivity contribution in [3.05, 3.63) is 32.4 Å². The number of hydrogen-bond donors (Lipinski definition) is 0. The molecule has 1 heterocycles. The molecule has 82 valence electrons. The lowest BCUT2D eigenvalue weighted by molar-refractivity contribution is -0.114. The summed E-state index contributed by atoms with van der Waals surface area (Å²) in [5, 5.41) is 0. The van der Waals surface area contributed by atoms with Gasteiger partial charge in [-0.05, 0) is 47.0 Å². The molecule has 15 heavy (non-hydrogen) atoms. The fourth-order valence-corrected chi connectivity index (χ4v) is 2.84. The van der Waals surface area contributed by atoms with Gasteiger partial charge in [-0.3, -0.25) is 4.79 Å². The summed E-state index contributed by atoms with van der Waals surface area (Å²) >= 11 is 5.02. The number of halogens is 1. The lowest BCUT2D eigenvalue weighted by Gasteiger charge is -1.98. The van der Waals surface area contributed by atoms with Crippen molar-refractivity contribution in [3.63, 3.8) is 0 Å². The molecule has 1 aromatic rings. The third-order valence-electron chi connectivity index (χ3n) is 2.25. The van der Waals surface area contributed by atoms with Gasteiger partial charge in [-0.2, -0.15) is 0 Å². The van der Waals surface area contributed by atoms with Gasteiger partial charge < -0.3 is 0 Å². The molecule has 1 nitrogen and oxygen atoms in total. The van der Waals surface area contributed by atoms with Gasteiger partial charge in [-0.15, -0.1) is 11.3 Å². The van der Waals surface area contributed by atoms with Crippen LogP contribution in [0.3, 0.4) is 0 Å². The van der Waals surface area contributed by atoms with E-state index < -0.39 is 0 Å². The Morgan fingerprint density at radius 1 is 1.40 bits per heavy atom. The molecule has 0 amide bonds. The first-order chi connectivity index (χ1) is 7.15. The first kappa shape index (κ1) is 12.7. The topological polar surface area (TPSA) is 17.1 Å². The van der Waals surface area contributed by atoms with Crippen molar-refractivity contribution in [2.45, 2.75) is 33.1 Å². The monoisotopic (exact) mass is 286 g/mol. The van der Waals surface area contributed by atoms with Crippen molar-refractivity contribution in [2.75, 3.05) is 0 Å². The molecule has 0 atom stereocenters. The van der Waals surface area contributed by atoms with Gasteiger partial charge in [0.1, 0.15) is 0 Å². The Hall–Kier alpha value is -0.410. The molecular formula is C12H15BrOS. The number of rotatable bonds is 5. The minimum Gasteiger partial charge on any atom is -0.294 e. The smallest absolute Gasteiger partial charge is 0.160 e. The van der Waals surface area contributed by atoms with Gasteiger partial charge in [0.2, 0.25) is 0 Å². The van der Waals surface area contributed by atoms with Gasteiger partial charge in [0, 0.05) is 11.3 Å². The highest BCUT2D eigenvalue weighted by atomic mass is 79.9. The number of carbonyl (C=O) groups is 1. The van der Waals surface area contributed by atoms with Crippen LogP contribution in [-0.2, 0) is 11.2 Å². The summed E-state index contributed by atoms with van der Waals surface area (Å²) in [7, 11) is 0. The maximum absolute atomic E-state index is 11.7. The summed E-state index contributed by atoms with van der Waals surface area (Å²) in [6.45, 7) is 4.18. The number of thiophene rings is 1. The predicted octanol–water partition coefficient (Wildman–Crippen LogP) is 4.37. The van der Waals surface area contributed by atoms with Crippen LogP contribution in [-0.4, -0.2) is 5.78 Å². The molecule has 0 fully saturated rings. The van der Waals surface area contributed by atoms with E-state index in [9.17, 15) is 4.79 Å². The summed E-state index contributed by atoms with van der Waals surface area (Å²) in [5.74, 6) is 0.211. The van der Waals surface area contributed by atoms with Crippen molar-refractivity contribution in [2.24, 2.45) is 0 Å². The molecule has 0 N–H and O–H groups in total. The maximum atomic E-state index is 11.7. The third kappa shape index (κ3) is 4.31. The van der Waals surface area contributed by atoms with E-state index >= 15 is 0 Å². The molecule has 0 aliphatic heterocycles. The number of hydrogen-bond acceptors (Lipinski definition) is 2. The SMILES string of the molecule is CCC(=CC(=O)Cc1ccc(Br)s1)CC. The zero-order chi connectivity index (χ0) is 11.3. The standard InChI is InChI=1S/C12H15BrOS/c1-3-9(4-2)7-10(14)8-11-5-6-12(13)15-11/h5-7H,3-4,8H2,1-2H3. The lowest BCUT2D eigenvalue weighted by atomic mass is 10.1. The quantitative estimate of drug-likeness (QED) is 0.735. The summed E-state index contributed by atoms with van der Waals surface area (Å²) in [5.41, 5.74) is 1.23. The average molecular weight is 287 g/mol. The Kier molecular flexibility index (Phi) is 5.26. The van der Waals surface area contributed by atoms with Gasteiger partial charge in [-0.25, -0.2) is 0 Å². The molecule has 0 bridgehead atoms. The molecule has 3 heteroatoms. The van der Waals surface area contributed by atoms with Crippen molar-refractivity contribution in [1.29, 1.82) is 0 Å². The average Bonchev–Trinajstić information content (AvgIpc) is 2.60. The molecule has 1 aromatic heterocycles. The molecule has 0 radical (unpaired) electrons. The van der Waals surface area contributed by atoms with Crippen LogP contribution in [0.2, 0.25) is 0 Å². The normalized spacial score (nSPS) is 10.1. The summed E-state index contributed by atoms with van der Waals surface area (Å²) in [4.78, 5) is 12.8.